The molecule has 0 N–H and O–H groups in total. The Balaban J connectivity index is 1.52. The van der Waals surface area contributed by atoms with Gasteiger partial charge in [0.2, 0.25) is 5.90 Å². The minimum atomic E-state index is -0.560. The topological polar surface area (TPSA) is 83.4 Å². The van der Waals surface area contributed by atoms with Crippen molar-refractivity contribution in [2.45, 2.75) is 6.92 Å². The van der Waals surface area contributed by atoms with Crippen LogP contribution in [0, 0.1) is 0 Å². The van der Waals surface area contributed by atoms with Crippen LogP contribution >= 0.6 is 0 Å². The molecule has 3 aromatic rings. The first-order valence-corrected chi connectivity index (χ1v) is 10.9. The highest BCUT2D eigenvalue weighted by Gasteiger charge is 2.24. The Morgan fingerprint density at radius 1 is 0.971 bits per heavy atom. The van der Waals surface area contributed by atoms with Crippen molar-refractivity contribution in [3.8, 4) is 17.2 Å². The largest absolute Gasteiger partial charge is 0.497 e. The van der Waals surface area contributed by atoms with Gasteiger partial charge in [-0.3, -0.25) is 0 Å². The van der Waals surface area contributed by atoms with Gasteiger partial charge in [0.15, 0.2) is 17.2 Å². The average molecular weight is 469 g/mol. The summed E-state index contributed by atoms with van der Waals surface area (Å²) in [5.41, 5.74) is 2.33. The minimum absolute atomic E-state index is 0.147. The highest BCUT2D eigenvalue weighted by Crippen LogP contribution is 2.30. The van der Waals surface area contributed by atoms with Gasteiger partial charge in [-0.15, -0.1) is 0 Å². The van der Waals surface area contributed by atoms with Crippen molar-refractivity contribution in [2.24, 2.45) is 4.99 Å². The van der Waals surface area contributed by atoms with Crippen LogP contribution in [0.4, 0.5) is 0 Å². The first-order chi connectivity index (χ1) is 17.1. The van der Waals surface area contributed by atoms with Crippen LogP contribution in [0.1, 0.15) is 23.6 Å². The Hall–Kier alpha value is -4.65. The molecule has 7 heteroatoms. The van der Waals surface area contributed by atoms with Crippen LogP contribution in [0.25, 0.3) is 12.2 Å². The Morgan fingerprint density at radius 3 is 2.46 bits per heavy atom. The molecule has 0 amide bonds. The first-order valence-electron chi connectivity index (χ1n) is 10.9. The third kappa shape index (κ3) is 6.03. The van der Waals surface area contributed by atoms with Crippen LogP contribution in [0.3, 0.4) is 0 Å². The van der Waals surface area contributed by atoms with Crippen molar-refractivity contribution < 1.29 is 28.5 Å². The molecule has 0 aromatic heterocycles. The van der Waals surface area contributed by atoms with Crippen LogP contribution in [0.15, 0.2) is 89.6 Å². The lowest BCUT2D eigenvalue weighted by Gasteiger charge is -2.10. The predicted molar refractivity (Wildman–Crippen MR) is 132 cm³/mol. The summed E-state index contributed by atoms with van der Waals surface area (Å²) in [5.74, 6) is 0.449. The lowest BCUT2D eigenvalue weighted by molar-refractivity contribution is -0.130. The highest BCUT2D eigenvalue weighted by molar-refractivity contribution is 6.12. The molecule has 0 saturated carbocycles. The summed E-state index contributed by atoms with van der Waals surface area (Å²) >= 11 is 0. The number of benzene rings is 3. The zero-order valence-corrected chi connectivity index (χ0v) is 19.3. The van der Waals surface area contributed by atoms with E-state index in [0.29, 0.717) is 29.2 Å². The van der Waals surface area contributed by atoms with Gasteiger partial charge in [-0.2, -0.15) is 0 Å². The molecule has 0 atom stereocenters. The number of aliphatic imine (C=N–C) groups is 1. The standard InChI is InChI=1S/C28H23NO6/c1-3-33-25-18-20(9-15-24(25)34-26(30)16-10-19-7-5-4-6-8-19)17-23-28(31)35-27(29-23)21-11-13-22(32-2)14-12-21/h4-18H,3H2,1-2H3/b16-10+,23-17+. The van der Waals surface area contributed by atoms with E-state index < -0.39 is 11.9 Å². The summed E-state index contributed by atoms with van der Waals surface area (Å²) in [7, 11) is 1.58. The van der Waals surface area contributed by atoms with E-state index in [0.717, 1.165) is 5.56 Å². The molecule has 3 aromatic carbocycles. The third-order valence-electron chi connectivity index (χ3n) is 4.95. The van der Waals surface area contributed by atoms with E-state index in [9.17, 15) is 9.59 Å². The van der Waals surface area contributed by atoms with Crippen LogP contribution in [0.5, 0.6) is 17.2 Å². The average Bonchev–Trinajstić information content (AvgIpc) is 3.25. The van der Waals surface area contributed by atoms with Gasteiger partial charge in [0, 0.05) is 11.6 Å². The quantitative estimate of drug-likeness (QED) is 0.261. The molecular formula is C28H23NO6. The van der Waals surface area contributed by atoms with Gasteiger partial charge in [-0.1, -0.05) is 36.4 Å². The van der Waals surface area contributed by atoms with Crippen molar-refractivity contribution in [2.75, 3.05) is 13.7 Å². The summed E-state index contributed by atoms with van der Waals surface area (Å²) < 4.78 is 21.6. The van der Waals surface area contributed by atoms with E-state index in [-0.39, 0.29) is 17.3 Å². The molecule has 1 heterocycles. The molecule has 35 heavy (non-hydrogen) atoms. The van der Waals surface area contributed by atoms with Gasteiger partial charge in [0.1, 0.15) is 5.75 Å². The van der Waals surface area contributed by atoms with Crippen molar-refractivity contribution in [1.29, 1.82) is 0 Å². The second-order valence-electron chi connectivity index (χ2n) is 7.37. The van der Waals surface area contributed by atoms with Gasteiger partial charge < -0.3 is 18.9 Å². The smallest absolute Gasteiger partial charge is 0.363 e. The van der Waals surface area contributed by atoms with Gasteiger partial charge in [-0.25, -0.2) is 14.6 Å². The van der Waals surface area contributed by atoms with Crippen LogP contribution in [0.2, 0.25) is 0 Å². The van der Waals surface area contributed by atoms with Gasteiger partial charge in [0.05, 0.1) is 13.7 Å². The SMILES string of the molecule is CCOc1cc(/C=C2/N=C(c3ccc(OC)cc3)OC2=O)ccc1OC(=O)/C=C/c1ccccc1. The van der Waals surface area contributed by atoms with Gasteiger partial charge >= 0.3 is 11.9 Å². The molecule has 0 fully saturated rings. The molecule has 0 radical (unpaired) electrons. The van der Waals surface area contributed by atoms with E-state index in [1.54, 1.807) is 61.7 Å². The van der Waals surface area contributed by atoms with E-state index in [1.807, 2.05) is 37.3 Å². The highest BCUT2D eigenvalue weighted by atomic mass is 16.6. The van der Waals surface area contributed by atoms with Crippen molar-refractivity contribution in [3.05, 3.63) is 101 Å². The van der Waals surface area contributed by atoms with Crippen LogP contribution in [-0.4, -0.2) is 31.6 Å². The molecule has 1 aliphatic rings. The van der Waals surface area contributed by atoms with E-state index in [4.69, 9.17) is 18.9 Å². The molecule has 4 rings (SSSR count). The van der Waals surface area contributed by atoms with Crippen LogP contribution < -0.4 is 14.2 Å². The number of ether oxygens (including phenoxy) is 4. The molecule has 176 valence electrons. The summed E-state index contributed by atoms with van der Waals surface area (Å²) in [6.07, 6.45) is 4.61. The van der Waals surface area contributed by atoms with Crippen LogP contribution in [-0.2, 0) is 14.3 Å². The predicted octanol–water partition coefficient (Wildman–Crippen LogP) is 5.06. The summed E-state index contributed by atoms with van der Waals surface area (Å²) in [5, 5.41) is 0. The second-order valence-corrected chi connectivity index (χ2v) is 7.37. The molecular weight excluding hydrogens is 446 g/mol. The summed E-state index contributed by atoms with van der Waals surface area (Å²) in [4.78, 5) is 29.0. The van der Waals surface area contributed by atoms with E-state index in [1.165, 1.54) is 6.08 Å². The molecule has 1 aliphatic heterocycles. The fourth-order valence-electron chi connectivity index (χ4n) is 3.26. The first kappa shape index (κ1) is 23.5. The lowest BCUT2D eigenvalue weighted by Crippen LogP contribution is -2.06. The van der Waals surface area contributed by atoms with E-state index >= 15 is 0 Å². The Morgan fingerprint density at radius 2 is 1.74 bits per heavy atom. The number of carbonyl (C=O) groups excluding carboxylic acids is 2. The third-order valence-corrected chi connectivity index (χ3v) is 4.95. The molecule has 0 bridgehead atoms. The molecule has 0 spiro atoms. The van der Waals surface area contributed by atoms with Gasteiger partial charge in [-0.05, 0) is 66.6 Å². The van der Waals surface area contributed by atoms with Gasteiger partial charge in [0.25, 0.3) is 0 Å². The zero-order chi connectivity index (χ0) is 24.6. The fourth-order valence-corrected chi connectivity index (χ4v) is 3.26. The lowest BCUT2D eigenvalue weighted by atomic mass is 10.1. The number of cyclic esters (lactones) is 1. The van der Waals surface area contributed by atoms with Crippen molar-refractivity contribution >= 4 is 30.0 Å². The monoisotopic (exact) mass is 469 g/mol. The van der Waals surface area contributed by atoms with E-state index in [2.05, 4.69) is 4.99 Å². The van der Waals surface area contributed by atoms with Crippen molar-refractivity contribution in [3.63, 3.8) is 0 Å². The number of nitrogens with zero attached hydrogens (tertiary/aromatic N) is 1. The number of esters is 2. The minimum Gasteiger partial charge on any atom is -0.497 e. The molecule has 0 aliphatic carbocycles. The van der Waals surface area contributed by atoms with Crippen molar-refractivity contribution in [1.82, 2.24) is 0 Å². The maximum atomic E-state index is 12.4. The number of hydrogen-bond acceptors (Lipinski definition) is 7. The number of methoxy groups -OCH3 is 1. The Labute approximate surface area is 202 Å². The number of rotatable bonds is 8. The maximum Gasteiger partial charge on any atom is 0.363 e. The Bertz CT molecular complexity index is 1310. The zero-order valence-electron chi connectivity index (χ0n) is 19.3. The molecule has 7 nitrogen and oxygen atoms in total. The second kappa shape index (κ2) is 11.0. The Kier molecular flexibility index (Phi) is 7.37. The summed E-state index contributed by atoms with van der Waals surface area (Å²) in [6, 6.07) is 21.5. The number of hydrogen-bond donors (Lipinski definition) is 0. The fraction of sp³-hybridized carbons (Fsp3) is 0.107. The number of carbonyl (C=O) groups is 2. The maximum absolute atomic E-state index is 12.4. The molecule has 0 unspecified atom stereocenters. The molecule has 0 saturated heterocycles. The summed E-state index contributed by atoms with van der Waals surface area (Å²) in [6.45, 7) is 2.19. The normalized spacial score (nSPS) is 14.1.